The molecule has 2 aliphatic heterocycles. The van der Waals surface area contributed by atoms with Gasteiger partial charge in [0, 0.05) is 42.6 Å². The van der Waals surface area contributed by atoms with Gasteiger partial charge < -0.3 is 9.80 Å². The van der Waals surface area contributed by atoms with Crippen LogP contribution in [0.5, 0.6) is 0 Å². The molecule has 41 heavy (non-hydrogen) atoms. The van der Waals surface area contributed by atoms with Crippen LogP contribution in [0.2, 0.25) is 5.02 Å². The molecule has 13 heteroatoms. The van der Waals surface area contributed by atoms with Crippen molar-refractivity contribution in [3.8, 4) is 0 Å². The highest BCUT2D eigenvalue weighted by Crippen LogP contribution is 2.37. The molecule has 5 rings (SSSR count). The van der Waals surface area contributed by atoms with Crippen LogP contribution in [0.3, 0.4) is 0 Å². The first-order valence-corrected chi connectivity index (χ1v) is 14.6. The van der Waals surface area contributed by atoms with Crippen molar-refractivity contribution in [3.05, 3.63) is 88.9 Å². The molecule has 2 heterocycles. The van der Waals surface area contributed by atoms with Crippen LogP contribution in [-0.2, 0) is 21.0 Å². The van der Waals surface area contributed by atoms with Crippen LogP contribution < -0.4 is 9.80 Å². The zero-order valence-electron chi connectivity index (χ0n) is 21.9. The number of para-hydroxylation sites is 1. The number of piperazine rings is 1. The molecular weight excluding hydrogens is 581 g/mol. The van der Waals surface area contributed by atoms with Crippen molar-refractivity contribution in [2.45, 2.75) is 24.0 Å². The number of nitrogens with zero attached hydrogens (tertiary/aromatic N) is 4. The van der Waals surface area contributed by atoms with E-state index in [2.05, 4.69) is 4.90 Å². The minimum absolute atomic E-state index is 0.255. The molecular formula is C28H26ClF3N4O4S. The van der Waals surface area contributed by atoms with Crippen molar-refractivity contribution in [3.63, 3.8) is 0 Å². The van der Waals surface area contributed by atoms with Crippen LogP contribution in [0.4, 0.5) is 29.3 Å². The molecule has 0 radical (unpaired) electrons. The number of aryl methyl sites for hydroxylation is 1. The quantitative estimate of drug-likeness (QED) is 0.408. The minimum Gasteiger partial charge on any atom is -0.368 e. The number of urea groups is 1. The van der Waals surface area contributed by atoms with Gasteiger partial charge in [-0.2, -0.15) is 13.2 Å². The first-order valence-electron chi connectivity index (χ1n) is 12.8. The number of rotatable bonds is 5. The molecule has 3 aromatic carbocycles. The van der Waals surface area contributed by atoms with Crippen LogP contribution in [0.25, 0.3) is 0 Å². The van der Waals surface area contributed by atoms with Gasteiger partial charge in [-0.15, -0.1) is 0 Å². The van der Waals surface area contributed by atoms with Gasteiger partial charge in [-0.05, 0) is 48.9 Å². The highest BCUT2D eigenvalue weighted by Gasteiger charge is 2.50. The van der Waals surface area contributed by atoms with Gasteiger partial charge >= 0.3 is 12.2 Å². The number of alkyl halides is 3. The van der Waals surface area contributed by atoms with Gasteiger partial charge in [-0.1, -0.05) is 48.0 Å². The topological polar surface area (TPSA) is 81.2 Å². The Morgan fingerprint density at radius 2 is 1.56 bits per heavy atom. The molecule has 0 spiro atoms. The number of hydrogen-bond acceptors (Lipinski definition) is 5. The summed E-state index contributed by atoms with van der Waals surface area (Å²) in [6.45, 7) is 2.86. The first kappa shape index (κ1) is 28.7. The number of amides is 3. The third kappa shape index (κ3) is 5.45. The maximum absolute atomic E-state index is 13.8. The first-order chi connectivity index (χ1) is 19.4. The zero-order valence-corrected chi connectivity index (χ0v) is 23.5. The fourth-order valence-corrected chi connectivity index (χ4v) is 6.93. The van der Waals surface area contributed by atoms with Crippen molar-refractivity contribution in [1.29, 1.82) is 0 Å². The van der Waals surface area contributed by atoms with Crippen LogP contribution in [-0.4, -0.2) is 68.3 Å². The monoisotopic (exact) mass is 606 g/mol. The van der Waals surface area contributed by atoms with Gasteiger partial charge in [0.1, 0.15) is 6.04 Å². The number of carbonyl (C=O) groups excluding carboxylic acids is 2. The van der Waals surface area contributed by atoms with E-state index in [1.54, 1.807) is 29.2 Å². The smallest absolute Gasteiger partial charge is 0.368 e. The fraction of sp³-hybridized carbons (Fsp3) is 0.286. The number of benzene rings is 3. The molecule has 3 amide bonds. The summed E-state index contributed by atoms with van der Waals surface area (Å²) in [7, 11) is -4.96. The second-order valence-electron chi connectivity index (χ2n) is 9.78. The van der Waals surface area contributed by atoms with Crippen molar-refractivity contribution < 1.29 is 31.2 Å². The largest absolute Gasteiger partial charge is 0.417 e. The van der Waals surface area contributed by atoms with Gasteiger partial charge in [0.25, 0.3) is 10.0 Å². The van der Waals surface area contributed by atoms with Crippen LogP contribution in [0.15, 0.2) is 77.7 Å². The molecule has 0 aromatic heterocycles. The normalized spacial score (nSPS) is 18.3. The van der Waals surface area contributed by atoms with Gasteiger partial charge in [-0.25, -0.2) is 17.5 Å². The molecule has 2 aliphatic rings. The number of hydrogen-bond donors (Lipinski definition) is 0. The van der Waals surface area contributed by atoms with Gasteiger partial charge in [0.05, 0.1) is 17.0 Å². The summed E-state index contributed by atoms with van der Waals surface area (Å²) in [6.07, 6.45) is -4.97. The second kappa shape index (κ2) is 10.9. The lowest BCUT2D eigenvalue weighted by atomic mass is 10.1. The minimum atomic E-state index is -4.97. The lowest BCUT2D eigenvalue weighted by Crippen LogP contribution is -2.55. The SMILES string of the molecule is Cc1ccc(Cl)cc1N1CCN(C(=O)[C@@H]2CN(S(=O)(=O)c3ccccc3C(F)(F)F)C(=O)N2c2ccccc2)CC1. The molecule has 2 saturated heterocycles. The highest BCUT2D eigenvalue weighted by atomic mass is 35.5. The molecule has 0 saturated carbocycles. The third-order valence-electron chi connectivity index (χ3n) is 7.25. The zero-order chi connectivity index (χ0) is 29.5. The van der Waals surface area contributed by atoms with Crippen LogP contribution in [0.1, 0.15) is 11.1 Å². The number of anilines is 2. The third-order valence-corrected chi connectivity index (χ3v) is 9.29. The number of halogens is 4. The van der Waals surface area contributed by atoms with E-state index in [0.29, 0.717) is 41.6 Å². The Bertz CT molecular complexity index is 1580. The maximum Gasteiger partial charge on any atom is 0.417 e. The Morgan fingerprint density at radius 1 is 0.927 bits per heavy atom. The average molecular weight is 607 g/mol. The standard InChI is InChI=1S/C28H26ClF3N4O4S/c1-19-11-12-20(29)17-23(19)33-13-15-34(16-14-33)26(37)24-18-35(27(38)36(24)21-7-3-2-4-8-21)41(39,40)25-10-6-5-9-22(25)28(30,31)32/h2-12,17,24H,13-16,18H2,1H3/t24-/m0/s1. The molecule has 0 aliphatic carbocycles. The van der Waals surface area contributed by atoms with E-state index >= 15 is 0 Å². The highest BCUT2D eigenvalue weighted by molar-refractivity contribution is 7.89. The fourth-order valence-electron chi connectivity index (χ4n) is 5.18. The summed E-state index contributed by atoms with van der Waals surface area (Å²) in [5, 5.41) is 0.584. The Hall–Kier alpha value is -3.77. The predicted octanol–water partition coefficient (Wildman–Crippen LogP) is 5.02. The molecule has 3 aromatic rings. The van der Waals surface area contributed by atoms with E-state index in [-0.39, 0.29) is 5.69 Å². The van der Waals surface area contributed by atoms with Crippen LogP contribution in [0, 0.1) is 6.92 Å². The van der Waals surface area contributed by atoms with Crippen molar-refractivity contribution >= 4 is 44.9 Å². The summed E-state index contributed by atoms with van der Waals surface area (Å²) < 4.78 is 68.5. The van der Waals surface area contributed by atoms with E-state index in [0.717, 1.165) is 34.3 Å². The van der Waals surface area contributed by atoms with E-state index in [1.807, 2.05) is 19.1 Å². The van der Waals surface area contributed by atoms with Crippen LogP contribution >= 0.6 is 11.6 Å². The molecule has 216 valence electrons. The molecule has 1 atom stereocenters. The molecule has 0 N–H and O–H groups in total. The van der Waals surface area contributed by atoms with E-state index in [4.69, 9.17) is 11.6 Å². The average Bonchev–Trinajstić information content (AvgIpc) is 3.31. The lowest BCUT2D eigenvalue weighted by molar-refractivity contribution is -0.140. The summed E-state index contributed by atoms with van der Waals surface area (Å²) in [6, 6.07) is 14.9. The van der Waals surface area contributed by atoms with Crippen molar-refractivity contribution in [1.82, 2.24) is 9.21 Å². The summed E-state index contributed by atoms with van der Waals surface area (Å²) >= 11 is 6.17. The Labute approximate surface area is 240 Å². The second-order valence-corrected chi connectivity index (χ2v) is 12.0. The van der Waals surface area contributed by atoms with E-state index in [1.165, 1.54) is 12.1 Å². The van der Waals surface area contributed by atoms with E-state index < -0.39 is 51.2 Å². The molecule has 2 fully saturated rings. The van der Waals surface area contributed by atoms with Gasteiger partial charge in [-0.3, -0.25) is 9.69 Å². The Morgan fingerprint density at radius 3 is 2.22 bits per heavy atom. The Kier molecular flexibility index (Phi) is 7.64. The maximum atomic E-state index is 13.8. The Balaban J connectivity index is 1.44. The van der Waals surface area contributed by atoms with Gasteiger partial charge in [0.15, 0.2) is 0 Å². The molecule has 0 bridgehead atoms. The molecule has 0 unspecified atom stereocenters. The molecule has 8 nitrogen and oxygen atoms in total. The lowest BCUT2D eigenvalue weighted by Gasteiger charge is -2.38. The summed E-state index contributed by atoms with van der Waals surface area (Å²) in [4.78, 5) is 31.0. The van der Waals surface area contributed by atoms with Crippen molar-refractivity contribution in [2.75, 3.05) is 42.5 Å². The van der Waals surface area contributed by atoms with Gasteiger partial charge in [0.2, 0.25) is 5.91 Å². The predicted molar refractivity (Wildman–Crippen MR) is 148 cm³/mol. The number of carbonyl (C=O) groups is 2. The number of sulfonamides is 1. The summed E-state index contributed by atoms with van der Waals surface area (Å²) in [5.41, 5.74) is 0.824. The summed E-state index contributed by atoms with van der Waals surface area (Å²) in [5.74, 6) is -0.494. The van der Waals surface area contributed by atoms with Crippen molar-refractivity contribution in [2.24, 2.45) is 0 Å². The van der Waals surface area contributed by atoms with E-state index in [9.17, 15) is 31.2 Å².